The number of nitrogens with one attached hydrogen (secondary N) is 1. The van der Waals surface area contributed by atoms with Crippen LogP contribution in [0.3, 0.4) is 0 Å². The molecule has 0 saturated heterocycles. The molecule has 62 valence electrons. The largest absolute Gasteiger partial charge is 0.369 e. The van der Waals surface area contributed by atoms with E-state index in [2.05, 4.69) is 30.7 Å². The van der Waals surface area contributed by atoms with Crippen LogP contribution in [0.25, 0.3) is 0 Å². The molecule has 3 N–H and O–H groups in total. The Labute approximate surface area is 67.0 Å². The first-order chi connectivity index (χ1) is 4.97. The number of hydrogen-bond donors (Lipinski definition) is 2. The number of aromatic amines is 1. The van der Waals surface area contributed by atoms with Crippen LogP contribution in [0.2, 0.25) is 0 Å². The summed E-state index contributed by atoms with van der Waals surface area (Å²) < 4.78 is 0. The minimum absolute atomic E-state index is 0.279. The van der Waals surface area contributed by atoms with Crippen molar-refractivity contribution in [2.45, 2.75) is 27.2 Å². The van der Waals surface area contributed by atoms with Crippen LogP contribution in [0.1, 0.15) is 26.5 Å². The van der Waals surface area contributed by atoms with Crippen LogP contribution in [0, 0.1) is 5.41 Å². The third-order valence-electron chi connectivity index (χ3n) is 1.36. The van der Waals surface area contributed by atoms with E-state index in [-0.39, 0.29) is 5.41 Å². The summed E-state index contributed by atoms with van der Waals surface area (Å²) in [5.74, 6) is 0.504. The second-order valence-electron chi connectivity index (χ2n) is 4.01. The number of anilines is 1. The van der Waals surface area contributed by atoms with Crippen molar-refractivity contribution >= 4 is 5.95 Å². The van der Waals surface area contributed by atoms with E-state index < -0.39 is 0 Å². The monoisotopic (exact) mass is 153 g/mol. The van der Waals surface area contributed by atoms with Crippen molar-refractivity contribution in [3.63, 3.8) is 0 Å². The van der Waals surface area contributed by atoms with Crippen LogP contribution < -0.4 is 5.73 Å². The Morgan fingerprint density at radius 2 is 2.18 bits per heavy atom. The van der Waals surface area contributed by atoms with Crippen molar-refractivity contribution in [3.05, 3.63) is 11.9 Å². The Balaban J connectivity index is 2.65. The minimum atomic E-state index is 0.279. The molecule has 0 aliphatic rings. The highest BCUT2D eigenvalue weighted by molar-refractivity contribution is 5.18. The summed E-state index contributed by atoms with van der Waals surface area (Å²) in [5.41, 5.74) is 6.75. The van der Waals surface area contributed by atoms with Crippen LogP contribution in [0.15, 0.2) is 6.20 Å². The van der Waals surface area contributed by atoms with Gasteiger partial charge < -0.3 is 10.7 Å². The maximum atomic E-state index is 5.43. The number of rotatable bonds is 1. The first-order valence-electron chi connectivity index (χ1n) is 3.77. The first-order valence-corrected chi connectivity index (χ1v) is 3.77. The molecule has 0 spiro atoms. The average molecular weight is 153 g/mol. The molecule has 0 fully saturated rings. The van der Waals surface area contributed by atoms with Crippen molar-refractivity contribution in [2.75, 3.05) is 5.73 Å². The maximum absolute atomic E-state index is 5.43. The number of imidazole rings is 1. The molecule has 0 bridgehead atoms. The lowest BCUT2D eigenvalue weighted by Crippen LogP contribution is -2.09. The highest BCUT2D eigenvalue weighted by Crippen LogP contribution is 2.19. The van der Waals surface area contributed by atoms with E-state index in [0.29, 0.717) is 5.95 Å². The fraction of sp³-hybridized carbons (Fsp3) is 0.625. The van der Waals surface area contributed by atoms with E-state index in [4.69, 9.17) is 5.73 Å². The third kappa shape index (κ3) is 2.62. The standard InChI is InChI=1S/C8H15N3/c1-8(2,3)4-6-5-10-7(9)11-6/h5H,4H2,1-3H3,(H3,9,10,11). The second-order valence-corrected chi connectivity index (χ2v) is 4.01. The van der Waals surface area contributed by atoms with E-state index >= 15 is 0 Å². The zero-order valence-electron chi connectivity index (χ0n) is 7.31. The van der Waals surface area contributed by atoms with E-state index in [1.807, 2.05) is 6.20 Å². The lowest BCUT2D eigenvalue weighted by atomic mass is 9.91. The van der Waals surface area contributed by atoms with Crippen molar-refractivity contribution in [3.8, 4) is 0 Å². The Hall–Kier alpha value is -0.990. The van der Waals surface area contributed by atoms with E-state index in [1.54, 1.807) is 0 Å². The molecule has 0 aromatic carbocycles. The average Bonchev–Trinajstić information content (AvgIpc) is 2.10. The maximum Gasteiger partial charge on any atom is 0.197 e. The quantitative estimate of drug-likeness (QED) is 0.643. The summed E-state index contributed by atoms with van der Waals surface area (Å²) in [4.78, 5) is 6.98. The molecule has 3 heteroatoms. The van der Waals surface area contributed by atoms with Crippen molar-refractivity contribution in [2.24, 2.45) is 5.41 Å². The molecule has 0 aliphatic carbocycles. The predicted octanol–water partition coefficient (Wildman–Crippen LogP) is 1.58. The molecule has 11 heavy (non-hydrogen) atoms. The van der Waals surface area contributed by atoms with Gasteiger partial charge in [0.25, 0.3) is 0 Å². The normalized spacial score (nSPS) is 11.9. The SMILES string of the molecule is CC(C)(C)Cc1c[nH]c(N)n1. The smallest absolute Gasteiger partial charge is 0.197 e. The van der Waals surface area contributed by atoms with Crippen molar-refractivity contribution in [1.82, 2.24) is 9.97 Å². The van der Waals surface area contributed by atoms with Gasteiger partial charge in [-0.05, 0) is 11.8 Å². The van der Waals surface area contributed by atoms with Crippen LogP contribution in [0.5, 0.6) is 0 Å². The first kappa shape index (κ1) is 8.11. The highest BCUT2D eigenvalue weighted by Gasteiger charge is 2.12. The van der Waals surface area contributed by atoms with Gasteiger partial charge in [-0.3, -0.25) is 0 Å². The van der Waals surface area contributed by atoms with Crippen LogP contribution >= 0.6 is 0 Å². The van der Waals surface area contributed by atoms with Gasteiger partial charge in [0, 0.05) is 6.20 Å². The van der Waals surface area contributed by atoms with Gasteiger partial charge in [-0.2, -0.15) is 0 Å². The topological polar surface area (TPSA) is 54.7 Å². The zero-order valence-corrected chi connectivity index (χ0v) is 7.31. The summed E-state index contributed by atoms with van der Waals surface area (Å²) in [6.45, 7) is 6.54. The summed E-state index contributed by atoms with van der Waals surface area (Å²) in [5, 5.41) is 0. The number of nitrogens with zero attached hydrogens (tertiary/aromatic N) is 1. The third-order valence-corrected chi connectivity index (χ3v) is 1.36. The van der Waals surface area contributed by atoms with Gasteiger partial charge in [0.15, 0.2) is 5.95 Å². The molecule has 1 aromatic rings. The van der Waals surface area contributed by atoms with Gasteiger partial charge in [-0.25, -0.2) is 4.98 Å². The lowest BCUT2D eigenvalue weighted by molar-refractivity contribution is 0.407. The molecule has 0 unspecified atom stereocenters. The fourth-order valence-corrected chi connectivity index (χ4v) is 1.01. The van der Waals surface area contributed by atoms with Gasteiger partial charge in [-0.15, -0.1) is 0 Å². The van der Waals surface area contributed by atoms with E-state index in [9.17, 15) is 0 Å². The molecule has 0 amide bonds. The molecule has 3 nitrogen and oxygen atoms in total. The number of nitrogens with two attached hydrogens (primary N) is 1. The van der Waals surface area contributed by atoms with Gasteiger partial charge >= 0.3 is 0 Å². The Morgan fingerprint density at radius 1 is 1.55 bits per heavy atom. The van der Waals surface area contributed by atoms with Gasteiger partial charge in [0.1, 0.15) is 0 Å². The summed E-state index contributed by atoms with van der Waals surface area (Å²) in [6.07, 6.45) is 2.82. The molecular formula is C8H15N3. The van der Waals surface area contributed by atoms with Crippen LogP contribution in [-0.4, -0.2) is 9.97 Å². The highest BCUT2D eigenvalue weighted by atomic mass is 15.0. The number of hydrogen-bond acceptors (Lipinski definition) is 2. The second kappa shape index (κ2) is 2.57. The minimum Gasteiger partial charge on any atom is -0.369 e. The lowest BCUT2D eigenvalue weighted by Gasteiger charge is -2.15. The Bertz CT molecular complexity index is 232. The molecule has 1 rings (SSSR count). The van der Waals surface area contributed by atoms with Crippen molar-refractivity contribution in [1.29, 1.82) is 0 Å². The van der Waals surface area contributed by atoms with Gasteiger partial charge in [0.2, 0.25) is 0 Å². The molecule has 0 saturated carbocycles. The van der Waals surface area contributed by atoms with Crippen LogP contribution in [-0.2, 0) is 6.42 Å². The molecular weight excluding hydrogens is 138 g/mol. The van der Waals surface area contributed by atoms with E-state index in [1.165, 1.54) is 0 Å². The molecule has 1 aromatic heterocycles. The Morgan fingerprint density at radius 3 is 2.55 bits per heavy atom. The molecule has 1 heterocycles. The fourth-order valence-electron chi connectivity index (χ4n) is 1.01. The molecule has 0 atom stereocenters. The number of nitrogen functional groups attached to an aromatic ring is 1. The predicted molar refractivity (Wildman–Crippen MR) is 46.2 cm³/mol. The number of aromatic nitrogens is 2. The summed E-state index contributed by atoms with van der Waals surface area (Å²) in [7, 11) is 0. The zero-order chi connectivity index (χ0) is 8.48. The van der Waals surface area contributed by atoms with Crippen LogP contribution in [0.4, 0.5) is 5.95 Å². The van der Waals surface area contributed by atoms with Crippen molar-refractivity contribution < 1.29 is 0 Å². The summed E-state index contributed by atoms with van der Waals surface area (Å²) in [6, 6.07) is 0. The Kier molecular flexibility index (Phi) is 1.89. The van der Waals surface area contributed by atoms with E-state index in [0.717, 1.165) is 12.1 Å². The summed E-state index contributed by atoms with van der Waals surface area (Å²) >= 11 is 0. The van der Waals surface area contributed by atoms with Gasteiger partial charge in [-0.1, -0.05) is 20.8 Å². The number of H-pyrrole nitrogens is 1. The van der Waals surface area contributed by atoms with Gasteiger partial charge in [0.05, 0.1) is 5.69 Å². The molecule has 0 aliphatic heterocycles. The molecule has 0 radical (unpaired) electrons.